The first-order valence-corrected chi connectivity index (χ1v) is 6.56. The maximum absolute atomic E-state index is 10.8. The molecule has 0 bridgehead atoms. The van der Waals surface area contributed by atoms with Gasteiger partial charge in [0.2, 0.25) is 0 Å². The van der Waals surface area contributed by atoms with Crippen LogP contribution >= 0.6 is 0 Å². The zero-order chi connectivity index (χ0) is 13.2. The molecule has 2 rings (SSSR count). The molecule has 18 heavy (non-hydrogen) atoms. The van der Waals surface area contributed by atoms with Gasteiger partial charge in [0.25, 0.3) is 0 Å². The summed E-state index contributed by atoms with van der Waals surface area (Å²) in [6.45, 7) is 0. The second-order valence-electron chi connectivity index (χ2n) is 4.46. The summed E-state index contributed by atoms with van der Waals surface area (Å²) in [5, 5.41) is 9.31. The number of aliphatic hydroxyl groups excluding tert-OH is 1. The number of ether oxygens (including phenoxy) is 1. The summed E-state index contributed by atoms with van der Waals surface area (Å²) in [4.78, 5) is 10.8. The molecule has 1 fully saturated rings. The summed E-state index contributed by atoms with van der Waals surface area (Å²) in [5.41, 5.74) is 0.546. The van der Waals surface area contributed by atoms with Crippen LogP contribution in [-0.4, -0.2) is 18.2 Å². The van der Waals surface area contributed by atoms with Gasteiger partial charge in [0.1, 0.15) is 0 Å². The molecule has 1 atom stereocenters. The Bertz CT molecular complexity index is 319. The second-order valence-corrected chi connectivity index (χ2v) is 4.46. The predicted molar refractivity (Wildman–Crippen MR) is 71.1 cm³/mol. The number of hydrogen-bond acceptors (Lipinski definition) is 3. The van der Waals surface area contributed by atoms with Gasteiger partial charge in [0.05, 0.1) is 7.11 Å². The molecule has 0 aliphatic heterocycles. The van der Waals surface area contributed by atoms with Crippen molar-refractivity contribution in [3.05, 3.63) is 35.9 Å². The number of aliphatic hydroxyl groups is 1. The lowest BCUT2D eigenvalue weighted by Gasteiger charge is -2.07. The molecule has 100 valence electrons. The van der Waals surface area contributed by atoms with Crippen molar-refractivity contribution in [3.8, 4) is 0 Å². The van der Waals surface area contributed by atoms with E-state index in [0.29, 0.717) is 5.56 Å². The molecule has 1 aromatic rings. The molecule has 1 aromatic carbocycles. The highest BCUT2D eigenvalue weighted by Gasteiger charge is 2.16. The maximum Gasteiger partial charge on any atom is 0.339 e. The zero-order valence-corrected chi connectivity index (χ0v) is 11.0. The topological polar surface area (TPSA) is 46.5 Å². The van der Waals surface area contributed by atoms with Crippen LogP contribution in [0.2, 0.25) is 0 Å². The average Bonchev–Trinajstić information content (AvgIpc) is 2.49. The van der Waals surface area contributed by atoms with Gasteiger partial charge in [-0.05, 0) is 5.56 Å². The highest BCUT2D eigenvalue weighted by atomic mass is 16.5. The lowest BCUT2D eigenvalue weighted by atomic mass is 10.0. The summed E-state index contributed by atoms with van der Waals surface area (Å²) in [5.74, 6) is -0.638. The van der Waals surface area contributed by atoms with Crippen molar-refractivity contribution in [1.82, 2.24) is 0 Å². The summed E-state index contributed by atoms with van der Waals surface area (Å²) >= 11 is 0. The highest BCUT2D eigenvalue weighted by molar-refractivity contribution is 5.75. The van der Waals surface area contributed by atoms with E-state index in [4.69, 9.17) is 0 Å². The zero-order valence-electron chi connectivity index (χ0n) is 11.0. The smallest absolute Gasteiger partial charge is 0.339 e. The van der Waals surface area contributed by atoms with Crippen molar-refractivity contribution in [2.75, 3.05) is 7.11 Å². The Morgan fingerprint density at radius 2 is 1.50 bits per heavy atom. The Morgan fingerprint density at radius 1 is 1.06 bits per heavy atom. The van der Waals surface area contributed by atoms with Gasteiger partial charge in [0, 0.05) is 0 Å². The molecule has 1 saturated carbocycles. The molecular formula is C15H22O3. The minimum Gasteiger partial charge on any atom is -0.467 e. The lowest BCUT2D eigenvalue weighted by molar-refractivity contribution is -0.150. The molecule has 0 amide bonds. The Hall–Kier alpha value is -1.35. The molecule has 0 saturated heterocycles. The van der Waals surface area contributed by atoms with Crippen LogP contribution in [0.5, 0.6) is 0 Å². The van der Waals surface area contributed by atoms with E-state index in [0.717, 1.165) is 0 Å². The minimum absolute atomic E-state index is 0.546. The molecule has 1 N–H and O–H groups in total. The second kappa shape index (κ2) is 8.70. The van der Waals surface area contributed by atoms with Crippen molar-refractivity contribution >= 4 is 5.97 Å². The van der Waals surface area contributed by atoms with Gasteiger partial charge in [-0.1, -0.05) is 68.9 Å². The minimum atomic E-state index is -1.17. The Kier molecular flexibility index (Phi) is 7.11. The van der Waals surface area contributed by atoms with Crippen molar-refractivity contribution in [3.63, 3.8) is 0 Å². The van der Waals surface area contributed by atoms with Crippen LogP contribution in [0.3, 0.4) is 0 Å². The van der Waals surface area contributed by atoms with Gasteiger partial charge in [-0.2, -0.15) is 0 Å². The number of methoxy groups -OCH3 is 1. The first-order chi connectivity index (χ1) is 8.75. The third kappa shape index (κ3) is 5.32. The lowest BCUT2D eigenvalue weighted by Crippen LogP contribution is -2.13. The molecule has 1 aliphatic carbocycles. The fraction of sp³-hybridized carbons (Fsp3) is 0.533. The van der Waals surface area contributed by atoms with Gasteiger partial charge in [-0.15, -0.1) is 0 Å². The maximum atomic E-state index is 10.8. The van der Waals surface area contributed by atoms with Crippen LogP contribution < -0.4 is 0 Å². The number of carbonyl (C=O) groups is 1. The third-order valence-electron chi connectivity index (χ3n) is 3.04. The van der Waals surface area contributed by atoms with Crippen LogP contribution in [0, 0.1) is 0 Å². The van der Waals surface area contributed by atoms with E-state index in [9.17, 15) is 9.90 Å². The van der Waals surface area contributed by atoms with Crippen LogP contribution in [0.25, 0.3) is 0 Å². The van der Waals surface area contributed by atoms with Gasteiger partial charge in [-0.3, -0.25) is 0 Å². The van der Waals surface area contributed by atoms with E-state index in [2.05, 4.69) is 4.74 Å². The van der Waals surface area contributed by atoms with Crippen molar-refractivity contribution in [1.29, 1.82) is 0 Å². The standard InChI is InChI=1S/C9H10O3.C6H12/c1-12-9(11)8(10)7-5-3-2-4-6-7;1-2-4-6-5-3-1/h2-6,8,10H,1H3;1-6H2. The molecule has 1 aliphatic rings. The average molecular weight is 250 g/mol. The molecule has 0 radical (unpaired) electrons. The van der Waals surface area contributed by atoms with E-state index in [1.165, 1.54) is 45.6 Å². The summed E-state index contributed by atoms with van der Waals surface area (Å²) in [6.07, 6.45) is 7.83. The third-order valence-corrected chi connectivity index (χ3v) is 3.04. The van der Waals surface area contributed by atoms with Crippen LogP contribution in [0.15, 0.2) is 30.3 Å². The molecule has 0 spiro atoms. The summed E-state index contributed by atoms with van der Waals surface area (Å²) in [7, 11) is 1.24. The number of hydrogen-bond donors (Lipinski definition) is 1. The molecule has 3 heteroatoms. The van der Waals surface area contributed by atoms with E-state index in [1.807, 2.05) is 6.07 Å². The van der Waals surface area contributed by atoms with E-state index < -0.39 is 12.1 Å². The van der Waals surface area contributed by atoms with Gasteiger partial charge >= 0.3 is 5.97 Å². The number of esters is 1. The normalized spacial score (nSPS) is 16.1. The van der Waals surface area contributed by atoms with E-state index in [-0.39, 0.29) is 0 Å². The predicted octanol–water partition coefficient (Wildman–Crippen LogP) is 3.23. The number of benzene rings is 1. The first kappa shape index (κ1) is 14.7. The number of rotatable bonds is 2. The van der Waals surface area contributed by atoms with Crippen molar-refractivity contribution in [2.45, 2.75) is 44.6 Å². The summed E-state index contributed by atoms with van der Waals surface area (Å²) in [6, 6.07) is 8.65. The fourth-order valence-corrected chi connectivity index (χ4v) is 1.94. The Labute approximate surface area is 109 Å². The van der Waals surface area contributed by atoms with Crippen LogP contribution in [-0.2, 0) is 9.53 Å². The highest BCUT2D eigenvalue weighted by Crippen LogP contribution is 2.15. The summed E-state index contributed by atoms with van der Waals surface area (Å²) < 4.78 is 4.38. The molecule has 0 heterocycles. The quantitative estimate of drug-likeness (QED) is 0.820. The monoisotopic (exact) mass is 250 g/mol. The number of carbonyl (C=O) groups excluding carboxylic acids is 1. The fourth-order valence-electron chi connectivity index (χ4n) is 1.94. The van der Waals surface area contributed by atoms with E-state index in [1.54, 1.807) is 24.3 Å². The Balaban J connectivity index is 0.000000225. The molecule has 0 aromatic heterocycles. The first-order valence-electron chi connectivity index (χ1n) is 6.56. The largest absolute Gasteiger partial charge is 0.467 e. The van der Waals surface area contributed by atoms with Gasteiger partial charge < -0.3 is 9.84 Å². The molecular weight excluding hydrogens is 228 g/mol. The van der Waals surface area contributed by atoms with Crippen molar-refractivity contribution < 1.29 is 14.6 Å². The van der Waals surface area contributed by atoms with Crippen molar-refractivity contribution in [2.24, 2.45) is 0 Å². The molecule has 1 unspecified atom stereocenters. The van der Waals surface area contributed by atoms with Crippen LogP contribution in [0.4, 0.5) is 0 Å². The van der Waals surface area contributed by atoms with Crippen LogP contribution in [0.1, 0.15) is 50.2 Å². The SMILES string of the molecule is C1CCCCC1.COC(=O)C(O)c1ccccc1. The molecule has 3 nitrogen and oxygen atoms in total. The van der Waals surface area contributed by atoms with E-state index >= 15 is 0 Å². The van der Waals surface area contributed by atoms with Gasteiger partial charge in [0.15, 0.2) is 6.10 Å². The van der Waals surface area contributed by atoms with Gasteiger partial charge in [-0.25, -0.2) is 4.79 Å². The Morgan fingerprint density at radius 3 is 1.89 bits per heavy atom.